The predicted molar refractivity (Wildman–Crippen MR) is 73.0 cm³/mol. The van der Waals surface area contributed by atoms with Crippen molar-refractivity contribution in [1.82, 2.24) is 25.3 Å². The summed E-state index contributed by atoms with van der Waals surface area (Å²) in [5, 5.41) is 10.9. The maximum absolute atomic E-state index is 12.1. The van der Waals surface area contributed by atoms with Crippen molar-refractivity contribution in [3.63, 3.8) is 0 Å². The lowest BCUT2D eigenvalue weighted by Crippen LogP contribution is -2.27. The zero-order valence-electron chi connectivity index (χ0n) is 11.4. The van der Waals surface area contributed by atoms with Crippen LogP contribution in [0.5, 0.6) is 0 Å². The molecule has 1 aliphatic rings. The van der Waals surface area contributed by atoms with Crippen molar-refractivity contribution in [2.45, 2.75) is 38.3 Å². The lowest BCUT2D eigenvalue weighted by molar-refractivity contribution is 0.0934. The van der Waals surface area contributed by atoms with Gasteiger partial charge in [0.15, 0.2) is 5.69 Å². The van der Waals surface area contributed by atoms with Gasteiger partial charge in [-0.1, -0.05) is 5.21 Å². The maximum Gasteiger partial charge on any atom is 0.273 e. The number of amides is 1. The number of pyridine rings is 1. The highest BCUT2D eigenvalue weighted by molar-refractivity contribution is 5.92. The van der Waals surface area contributed by atoms with Crippen molar-refractivity contribution >= 4 is 5.91 Å². The smallest absolute Gasteiger partial charge is 0.273 e. The van der Waals surface area contributed by atoms with Gasteiger partial charge in [-0.3, -0.25) is 9.78 Å². The highest BCUT2D eigenvalue weighted by Gasteiger charge is 2.22. The molecule has 1 saturated carbocycles. The molecule has 1 unspecified atom stereocenters. The highest BCUT2D eigenvalue weighted by Crippen LogP contribution is 2.30. The Hall–Kier alpha value is -2.24. The summed E-state index contributed by atoms with van der Waals surface area (Å²) < 4.78 is 1.80. The molecule has 1 atom stereocenters. The third-order valence-corrected chi connectivity index (χ3v) is 3.75. The molecule has 1 amide bonds. The van der Waals surface area contributed by atoms with Gasteiger partial charge in [0.1, 0.15) is 0 Å². The van der Waals surface area contributed by atoms with Crippen molar-refractivity contribution in [1.29, 1.82) is 0 Å². The van der Waals surface area contributed by atoms with Crippen LogP contribution in [-0.4, -0.2) is 25.9 Å². The zero-order chi connectivity index (χ0) is 13.9. The molecule has 6 nitrogen and oxygen atoms in total. The first-order chi connectivity index (χ1) is 9.74. The molecule has 1 aliphatic carbocycles. The van der Waals surface area contributed by atoms with Crippen LogP contribution in [0.4, 0.5) is 0 Å². The Kier molecular flexibility index (Phi) is 3.45. The second-order valence-corrected chi connectivity index (χ2v) is 5.14. The Balaban J connectivity index is 1.65. The van der Waals surface area contributed by atoms with Gasteiger partial charge in [-0.15, -0.1) is 5.10 Å². The van der Waals surface area contributed by atoms with Crippen LogP contribution in [0.3, 0.4) is 0 Å². The second-order valence-electron chi connectivity index (χ2n) is 5.14. The van der Waals surface area contributed by atoms with E-state index in [2.05, 4.69) is 20.6 Å². The number of carbonyl (C=O) groups is 1. The Morgan fingerprint density at radius 1 is 1.40 bits per heavy atom. The Morgan fingerprint density at radius 3 is 2.80 bits per heavy atom. The highest BCUT2D eigenvalue weighted by atomic mass is 16.2. The fraction of sp³-hybridized carbons (Fsp3) is 0.429. The predicted octanol–water partition coefficient (Wildman–Crippen LogP) is 1.89. The first-order valence-electron chi connectivity index (χ1n) is 6.86. The van der Waals surface area contributed by atoms with Gasteiger partial charge < -0.3 is 5.32 Å². The molecule has 0 spiro atoms. The number of aromatic nitrogens is 4. The van der Waals surface area contributed by atoms with Crippen LogP contribution in [0.15, 0.2) is 30.7 Å². The van der Waals surface area contributed by atoms with E-state index in [1.807, 2.05) is 19.1 Å². The lowest BCUT2D eigenvalue weighted by atomic mass is 9.93. The van der Waals surface area contributed by atoms with Gasteiger partial charge in [-0.05, 0) is 43.9 Å². The van der Waals surface area contributed by atoms with E-state index >= 15 is 0 Å². The summed E-state index contributed by atoms with van der Waals surface area (Å²) in [4.78, 5) is 16.1. The van der Waals surface area contributed by atoms with E-state index < -0.39 is 0 Å². The van der Waals surface area contributed by atoms with E-state index in [0.717, 1.165) is 18.4 Å². The van der Waals surface area contributed by atoms with Crippen LogP contribution in [0.1, 0.15) is 54.3 Å². The Morgan fingerprint density at radius 2 is 2.15 bits per heavy atom. The molecule has 0 bridgehead atoms. The van der Waals surface area contributed by atoms with Gasteiger partial charge in [0.05, 0.1) is 18.3 Å². The second kappa shape index (κ2) is 5.40. The molecule has 0 aliphatic heterocycles. The summed E-state index contributed by atoms with van der Waals surface area (Å²) in [6, 6.07) is 4.10. The Bertz CT molecular complexity index is 591. The van der Waals surface area contributed by atoms with E-state index in [4.69, 9.17) is 0 Å². The van der Waals surface area contributed by atoms with Crippen LogP contribution in [0.2, 0.25) is 0 Å². The molecule has 2 aromatic rings. The SMILES string of the molecule is CC(NC(=O)c1cn(C2CCC2)nn1)c1ccncc1. The molecule has 1 fully saturated rings. The van der Waals surface area contributed by atoms with Gasteiger partial charge in [0.25, 0.3) is 5.91 Å². The van der Waals surface area contributed by atoms with Crippen molar-refractivity contribution in [2.24, 2.45) is 0 Å². The van der Waals surface area contributed by atoms with Gasteiger partial charge in [-0.25, -0.2) is 4.68 Å². The average Bonchev–Trinajstić information content (AvgIpc) is 2.87. The van der Waals surface area contributed by atoms with E-state index in [1.54, 1.807) is 23.3 Å². The molecule has 3 rings (SSSR count). The first-order valence-corrected chi connectivity index (χ1v) is 6.86. The fourth-order valence-electron chi connectivity index (χ4n) is 2.22. The van der Waals surface area contributed by atoms with Gasteiger partial charge in [0.2, 0.25) is 0 Å². The zero-order valence-corrected chi connectivity index (χ0v) is 11.4. The summed E-state index contributed by atoms with van der Waals surface area (Å²) in [5.74, 6) is -0.195. The molecule has 2 heterocycles. The number of nitrogens with one attached hydrogen (secondary N) is 1. The standard InChI is InChI=1S/C14H17N5O/c1-10(11-5-7-15-8-6-11)16-14(20)13-9-19(18-17-13)12-3-2-4-12/h5-10,12H,2-4H2,1H3,(H,16,20). The summed E-state index contributed by atoms with van der Waals surface area (Å²) in [6.07, 6.45) is 8.63. The normalized spacial score (nSPS) is 16.4. The molecule has 104 valence electrons. The minimum atomic E-state index is -0.195. The maximum atomic E-state index is 12.1. The molecule has 0 aromatic carbocycles. The van der Waals surface area contributed by atoms with Crippen molar-refractivity contribution in [3.8, 4) is 0 Å². The number of carbonyl (C=O) groups excluding carboxylic acids is 1. The molecular formula is C14H17N5O. The minimum Gasteiger partial charge on any atom is -0.344 e. The molecule has 2 aromatic heterocycles. The first kappa shape index (κ1) is 12.8. The number of hydrogen-bond acceptors (Lipinski definition) is 4. The van der Waals surface area contributed by atoms with Gasteiger partial charge >= 0.3 is 0 Å². The quantitative estimate of drug-likeness (QED) is 0.921. The fourth-order valence-corrected chi connectivity index (χ4v) is 2.22. The average molecular weight is 271 g/mol. The van der Waals surface area contributed by atoms with Crippen LogP contribution < -0.4 is 5.32 Å². The van der Waals surface area contributed by atoms with E-state index in [0.29, 0.717) is 11.7 Å². The van der Waals surface area contributed by atoms with Crippen molar-refractivity contribution < 1.29 is 4.79 Å². The summed E-state index contributed by atoms with van der Waals surface area (Å²) in [7, 11) is 0. The molecule has 0 saturated heterocycles. The van der Waals surface area contributed by atoms with Gasteiger partial charge in [-0.2, -0.15) is 0 Å². The van der Waals surface area contributed by atoms with Crippen LogP contribution >= 0.6 is 0 Å². The minimum absolute atomic E-state index is 0.0839. The summed E-state index contributed by atoms with van der Waals surface area (Å²) in [6.45, 7) is 1.93. The van der Waals surface area contributed by atoms with E-state index in [9.17, 15) is 4.79 Å². The van der Waals surface area contributed by atoms with Crippen LogP contribution in [-0.2, 0) is 0 Å². The van der Waals surface area contributed by atoms with Crippen LogP contribution in [0, 0.1) is 0 Å². The third-order valence-electron chi connectivity index (χ3n) is 3.75. The molecule has 0 radical (unpaired) electrons. The molecule has 20 heavy (non-hydrogen) atoms. The molecule has 6 heteroatoms. The van der Waals surface area contributed by atoms with E-state index in [-0.39, 0.29) is 11.9 Å². The largest absolute Gasteiger partial charge is 0.344 e. The number of nitrogens with zero attached hydrogens (tertiary/aromatic N) is 4. The summed E-state index contributed by atoms with van der Waals surface area (Å²) in [5.41, 5.74) is 1.39. The van der Waals surface area contributed by atoms with Gasteiger partial charge in [0, 0.05) is 12.4 Å². The van der Waals surface area contributed by atoms with Crippen LogP contribution in [0.25, 0.3) is 0 Å². The summed E-state index contributed by atoms with van der Waals surface area (Å²) >= 11 is 0. The van der Waals surface area contributed by atoms with Crippen molar-refractivity contribution in [3.05, 3.63) is 42.0 Å². The third kappa shape index (κ3) is 2.54. The van der Waals surface area contributed by atoms with E-state index in [1.165, 1.54) is 6.42 Å². The topological polar surface area (TPSA) is 72.7 Å². The molecule has 1 N–H and O–H groups in total. The number of hydrogen-bond donors (Lipinski definition) is 1. The molecular weight excluding hydrogens is 254 g/mol. The Labute approximate surface area is 117 Å². The monoisotopic (exact) mass is 271 g/mol. The number of rotatable bonds is 4. The van der Waals surface area contributed by atoms with Crippen molar-refractivity contribution in [2.75, 3.05) is 0 Å². The lowest BCUT2D eigenvalue weighted by Gasteiger charge is -2.24.